The van der Waals surface area contributed by atoms with E-state index in [1.54, 1.807) is 0 Å². The summed E-state index contributed by atoms with van der Waals surface area (Å²) in [6.07, 6.45) is 3.52. The average Bonchev–Trinajstić information content (AvgIpc) is 2.67. The molecule has 0 spiro atoms. The van der Waals surface area contributed by atoms with Crippen LogP contribution in [0.2, 0.25) is 0 Å². The monoisotopic (exact) mass is 226 g/mol. The van der Waals surface area contributed by atoms with E-state index in [1.807, 2.05) is 0 Å². The van der Waals surface area contributed by atoms with E-state index in [1.165, 1.54) is 12.3 Å². The Morgan fingerprint density at radius 1 is 1.62 bits per heavy atom. The second-order valence-corrected chi connectivity index (χ2v) is 4.02. The van der Waals surface area contributed by atoms with Crippen LogP contribution in [0.15, 0.2) is 16.7 Å². The highest BCUT2D eigenvalue weighted by Crippen LogP contribution is 2.11. The summed E-state index contributed by atoms with van der Waals surface area (Å²) in [6, 6.07) is 1.49. The van der Waals surface area contributed by atoms with Crippen LogP contribution in [0.1, 0.15) is 42.8 Å². The first-order valence-corrected chi connectivity index (χ1v) is 5.52. The molecule has 1 N–H and O–H groups in total. The number of aromatic carboxylic acids is 1. The minimum absolute atomic E-state index is 0.167. The lowest BCUT2D eigenvalue weighted by Crippen LogP contribution is -2.05. The van der Waals surface area contributed by atoms with Gasteiger partial charge in [0.1, 0.15) is 18.6 Å². The molecular formula is C12H18O4. The number of furan rings is 1. The van der Waals surface area contributed by atoms with E-state index in [4.69, 9.17) is 14.3 Å². The van der Waals surface area contributed by atoms with Gasteiger partial charge in [0.15, 0.2) is 0 Å². The molecule has 1 atom stereocenters. The van der Waals surface area contributed by atoms with Crippen LogP contribution < -0.4 is 0 Å². The van der Waals surface area contributed by atoms with E-state index in [0.717, 1.165) is 12.8 Å². The van der Waals surface area contributed by atoms with Crippen molar-refractivity contribution in [3.63, 3.8) is 0 Å². The Hall–Kier alpha value is -1.29. The number of hydrogen-bond donors (Lipinski definition) is 1. The summed E-state index contributed by atoms with van der Waals surface area (Å²) in [6.45, 7) is 5.29. The van der Waals surface area contributed by atoms with Crippen LogP contribution in [0.4, 0.5) is 0 Å². The lowest BCUT2D eigenvalue weighted by atomic mass is 10.1. The van der Waals surface area contributed by atoms with Crippen molar-refractivity contribution < 1.29 is 19.1 Å². The first-order valence-electron chi connectivity index (χ1n) is 5.52. The summed E-state index contributed by atoms with van der Waals surface area (Å²) < 4.78 is 10.5. The van der Waals surface area contributed by atoms with Crippen LogP contribution in [0.5, 0.6) is 0 Å². The summed E-state index contributed by atoms with van der Waals surface area (Å²) in [5, 5.41) is 8.68. The van der Waals surface area contributed by atoms with Crippen molar-refractivity contribution in [2.75, 3.05) is 6.61 Å². The van der Waals surface area contributed by atoms with Crippen LogP contribution in [-0.4, -0.2) is 17.7 Å². The molecule has 4 nitrogen and oxygen atoms in total. The van der Waals surface area contributed by atoms with Crippen LogP contribution in [-0.2, 0) is 11.3 Å². The molecule has 0 aliphatic heterocycles. The normalized spacial score (nSPS) is 12.6. The van der Waals surface area contributed by atoms with E-state index in [0.29, 0.717) is 24.9 Å². The number of carboxylic acids is 1. The lowest BCUT2D eigenvalue weighted by Gasteiger charge is -2.09. The van der Waals surface area contributed by atoms with Gasteiger partial charge in [-0.25, -0.2) is 4.79 Å². The summed E-state index contributed by atoms with van der Waals surface area (Å²) in [5.74, 6) is 0.106. The Kier molecular flexibility index (Phi) is 5.05. The molecule has 1 rings (SSSR count). The Bertz CT molecular complexity index is 330. The molecule has 0 saturated heterocycles. The highest BCUT2D eigenvalue weighted by Gasteiger charge is 2.08. The molecule has 1 aromatic rings. The fourth-order valence-corrected chi connectivity index (χ4v) is 1.51. The average molecular weight is 226 g/mol. The van der Waals surface area contributed by atoms with Crippen molar-refractivity contribution in [2.24, 2.45) is 5.92 Å². The molecule has 0 amide bonds. The molecule has 0 radical (unpaired) electrons. The second kappa shape index (κ2) is 6.33. The Morgan fingerprint density at radius 2 is 2.38 bits per heavy atom. The summed E-state index contributed by atoms with van der Waals surface area (Å²) in [7, 11) is 0. The highest BCUT2D eigenvalue weighted by molar-refractivity contribution is 5.87. The molecule has 0 aliphatic rings. The molecule has 1 unspecified atom stereocenters. The van der Waals surface area contributed by atoms with Gasteiger partial charge >= 0.3 is 5.97 Å². The fraction of sp³-hybridized carbons (Fsp3) is 0.583. The van der Waals surface area contributed by atoms with Crippen molar-refractivity contribution in [1.82, 2.24) is 0 Å². The SMILES string of the molecule is CCCC(C)COCc1cc(C(=O)O)co1. The second-order valence-electron chi connectivity index (χ2n) is 4.02. The molecule has 90 valence electrons. The van der Waals surface area contributed by atoms with Gasteiger partial charge in [-0.3, -0.25) is 0 Å². The maximum atomic E-state index is 10.6. The van der Waals surface area contributed by atoms with Crippen molar-refractivity contribution >= 4 is 5.97 Å². The largest absolute Gasteiger partial charge is 0.478 e. The van der Waals surface area contributed by atoms with E-state index in [2.05, 4.69) is 13.8 Å². The number of ether oxygens (including phenoxy) is 1. The summed E-state index contributed by atoms with van der Waals surface area (Å²) in [5.41, 5.74) is 0.167. The smallest absolute Gasteiger partial charge is 0.338 e. The predicted molar refractivity (Wildman–Crippen MR) is 59.4 cm³/mol. The molecule has 0 aliphatic carbocycles. The maximum Gasteiger partial charge on any atom is 0.338 e. The minimum Gasteiger partial charge on any atom is -0.478 e. The molecule has 0 bridgehead atoms. The zero-order chi connectivity index (χ0) is 12.0. The number of carbonyl (C=O) groups is 1. The van der Waals surface area contributed by atoms with E-state index >= 15 is 0 Å². The number of hydrogen-bond acceptors (Lipinski definition) is 3. The van der Waals surface area contributed by atoms with E-state index < -0.39 is 5.97 Å². The minimum atomic E-state index is -0.977. The van der Waals surface area contributed by atoms with Gasteiger partial charge in [-0.15, -0.1) is 0 Å². The Labute approximate surface area is 95.2 Å². The van der Waals surface area contributed by atoms with Gasteiger partial charge in [0, 0.05) is 6.61 Å². The molecule has 4 heteroatoms. The maximum absolute atomic E-state index is 10.6. The third-order valence-electron chi connectivity index (χ3n) is 2.33. The number of rotatable bonds is 7. The van der Waals surface area contributed by atoms with Gasteiger partial charge in [0.25, 0.3) is 0 Å². The van der Waals surface area contributed by atoms with Crippen LogP contribution >= 0.6 is 0 Å². The predicted octanol–water partition coefficient (Wildman–Crippen LogP) is 2.93. The Balaban J connectivity index is 2.29. The first kappa shape index (κ1) is 12.8. The first-order chi connectivity index (χ1) is 7.63. The molecular weight excluding hydrogens is 208 g/mol. The molecule has 0 fully saturated rings. The van der Waals surface area contributed by atoms with Crippen molar-refractivity contribution in [3.05, 3.63) is 23.7 Å². The molecule has 0 saturated carbocycles. The fourth-order valence-electron chi connectivity index (χ4n) is 1.51. The van der Waals surface area contributed by atoms with E-state index in [-0.39, 0.29) is 5.56 Å². The van der Waals surface area contributed by atoms with E-state index in [9.17, 15) is 4.79 Å². The zero-order valence-electron chi connectivity index (χ0n) is 9.73. The van der Waals surface area contributed by atoms with Gasteiger partial charge in [0.2, 0.25) is 0 Å². The Morgan fingerprint density at radius 3 is 2.94 bits per heavy atom. The number of carboxylic acid groups (broad SMARTS) is 1. The van der Waals surface area contributed by atoms with Gasteiger partial charge in [-0.1, -0.05) is 20.3 Å². The summed E-state index contributed by atoms with van der Waals surface area (Å²) in [4.78, 5) is 10.6. The van der Waals surface area contributed by atoms with Gasteiger partial charge < -0.3 is 14.3 Å². The quantitative estimate of drug-likeness (QED) is 0.776. The van der Waals surface area contributed by atoms with Crippen molar-refractivity contribution in [2.45, 2.75) is 33.3 Å². The summed E-state index contributed by atoms with van der Waals surface area (Å²) >= 11 is 0. The molecule has 1 aromatic heterocycles. The highest BCUT2D eigenvalue weighted by atomic mass is 16.5. The zero-order valence-corrected chi connectivity index (χ0v) is 9.73. The van der Waals surface area contributed by atoms with Crippen molar-refractivity contribution in [1.29, 1.82) is 0 Å². The third-order valence-corrected chi connectivity index (χ3v) is 2.33. The van der Waals surface area contributed by atoms with Gasteiger partial charge in [-0.2, -0.15) is 0 Å². The third kappa shape index (κ3) is 4.06. The lowest BCUT2D eigenvalue weighted by molar-refractivity contribution is 0.0696. The van der Waals surface area contributed by atoms with Gasteiger partial charge in [-0.05, 0) is 18.4 Å². The molecule has 0 aromatic carbocycles. The van der Waals surface area contributed by atoms with Crippen LogP contribution in [0.25, 0.3) is 0 Å². The molecule has 16 heavy (non-hydrogen) atoms. The van der Waals surface area contributed by atoms with Crippen LogP contribution in [0, 0.1) is 5.92 Å². The van der Waals surface area contributed by atoms with Crippen LogP contribution in [0.3, 0.4) is 0 Å². The standard InChI is InChI=1S/C12H18O4/c1-3-4-9(2)6-15-8-11-5-10(7-16-11)12(13)14/h5,7,9H,3-4,6,8H2,1-2H3,(H,13,14). The van der Waals surface area contributed by atoms with Crippen molar-refractivity contribution in [3.8, 4) is 0 Å². The van der Waals surface area contributed by atoms with Gasteiger partial charge in [0.05, 0.1) is 5.56 Å². The topological polar surface area (TPSA) is 59.7 Å². The molecule has 1 heterocycles.